The van der Waals surface area contributed by atoms with Crippen LogP contribution in [0.1, 0.15) is 60.9 Å². The Hall–Kier alpha value is -3.36. The molecule has 0 aliphatic carbocycles. The summed E-state index contributed by atoms with van der Waals surface area (Å²) in [5.74, 6) is 0. The molecule has 0 bridgehead atoms. The first-order chi connectivity index (χ1) is 18.2. The van der Waals surface area contributed by atoms with Gasteiger partial charge in [-0.25, -0.2) is 0 Å². The lowest BCUT2D eigenvalue weighted by Gasteiger charge is -2.35. The van der Waals surface area contributed by atoms with Crippen molar-refractivity contribution in [2.24, 2.45) is 0 Å². The first kappa shape index (κ1) is 26.3. The molecule has 0 N–H and O–H groups in total. The van der Waals surface area contributed by atoms with E-state index in [0.29, 0.717) is 12.8 Å². The molecule has 10 heteroatoms. The fourth-order valence-electron chi connectivity index (χ4n) is 5.87. The molecule has 0 radical (unpaired) electrons. The third kappa shape index (κ3) is 5.02. The Morgan fingerprint density at radius 1 is 0.763 bits per heavy atom. The number of nitro benzene ring substituents is 2. The minimum atomic E-state index is -0.470. The van der Waals surface area contributed by atoms with Gasteiger partial charge < -0.3 is 9.80 Å². The molecular weight excluding hydrogens is 527 g/mol. The molecule has 0 aromatic heterocycles. The van der Waals surface area contributed by atoms with E-state index < -0.39 is 9.85 Å². The monoisotopic (exact) mass is 554 g/mol. The van der Waals surface area contributed by atoms with Crippen LogP contribution in [0.4, 0.5) is 22.7 Å². The standard InChI is InChI=1S/C28H28Cl2N4O4/c1-18-15-21(7-10-24(18)31-13-3-2-4-14-31)32-25(19-5-8-22(29)27(16-19)33(35)36)11-12-26(32)20-6-9-23(30)28(17-20)34(37)38/h5-10,15-17,25-26H,2-4,11-14H2,1H3. The predicted octanol–water partition coefficient (Wildman–Crippen LogP) is 8.19. The van der Waals surface area contributed by atoms with E-state index in [-0.39, 0.29) is 33.5 Å². The molecule has 8 nitrogen and oxygen atoms in total. The first-order valence-corrected chi connectivity index (χ1v) is 13.5. The van der Waals surface area contributed by atoms with E-state index in [1.807, 2.05) is 12.1 Å². The van der Waals surface area contributed by atoms with Crippen LogP contribution in [0.3, 0.4) is 0 Å². The molecule has 0 amide bonds. The minimum Gasteiger partial charge on any atom is -0.371 e. The number of rotatable bonds is 6. The van der Waals surface area contributed by atoms with Gasteiger partial charge in [-0.05, 0) is 86.1 Å². The van der Waals surface area contributed by atoms with Crippen molar-refractivity contribution in [3.8, 4) is 0 Å². The van der Waals surface area contributed by atoms with Crippen LogP contribution < -0.4 is 9.80 Å². The van der Waals surface area contributed by atoms with Gasteiger partial charge >= 0.3 is 0 Å². The molecule has 3 aromatic carbocycles. The van der Waals surface area contributed by atoms with Gasteiger partial charge in [-0.1, -0.05) is 35.3 Å². The number of hydrogen-bond acceptors (Lipinski definition) is 6. The molecule has 2 aliphatic heterocycles. The largest absolute Gasteiger partial charge is 0.371 e. The number of hydrogen-bond donors (Lipinski definition) is 0. The lowest BCUT2D eigenvalue weighted by Crippen LogP contribution is -2.30. The SMILES string of the molecule is Cc1cc(N2C(c3ccc(Cl)c([N+](=O)[O-])c3)CCC2c2ccc(Cl)c([N+](=O)[O-])c2)ccc1N1CCCCC1. The predicted molar refractivity (Wildman–Crippen MR) is 151 cm³/mol. The number of aryl methyl sites for hydroxylation is 1. The lowest BCUT2D eigenvalue weighted by atomic mass is 10.0. The zero-order valence-corrected chi connectivity index (χ0v) is 22.5. The van der Waals surface area contributed by atoms with Gasteiger partial charge in [0.15, 0.2) is 0 Å². The van der Waals surface area contributed by atoms with Crippen molar-refractivity contribution in [2.45, 2.75) is 51.1 Å². The van der Waals surface area contributed by atoms with Gasteiger partial charge in [0.2, 0.25) is 0 Å². The van der Waals surface area contributed by atoms with E-state index >= 15 is 0 Å². The van der Waals surface area contributed by atoms with E-state index in [1.165, 1.54) is 24.9 Å². The molecule has 2 unspecified atom stereocenters. The third-order valence-corrected chi connectivity index (χ3v) is 8.30. The summed E-state index contributed by atoms with van der Waals surface area (Å²) in [6, 6.07) is 15.9. The van der Waals surface area contributed by atoms with Crippen LogP contribution in [0.2, 0.25) is 10.0 Å². The summed E-state index contributed by atoms with van der Waals surface area (Å²) >= 11 is 12.2. The number of halogens is 2. The second-order valence-electron chi connectivity index (χ2n) is 9.97. The second-order valence-corrected chi connectivity index (χ2v) is 10.8. The maximum absolute atomic E-state index is 11.6. The van der Waals surface area contributed by atoms with Gasteiger partial charge in [0.05, 0.1) is 21.9 Å². The smallest absolute Gasteiger partial charge is 0.288 e. The molecule has 2 saturated heterocycles. The summed E-state index contributed by atoms with van der Waals surface area (Å²) in [6.07, 6.45) is 5.05. The lowest BCUT2D eigenvalue weighted by molar-refractivity contribution is -0.384. The first-order valence-electron chi connectivity index (χ1n) is 12.8. The second kappa shape index (κ2) is 10.8. The van der Waals surface area contributed by atoms with Crippen LogP contribution in [0.25, 0.3) is 0 Å². The summed E-state index contributed by atoms with van der Waals surface area (Å²) in [5.41, 5.74) is 4.63. The summed E-state index contributed by atoms with van der Waals surface area (Å²) in [7, 11) is 0. The van der Waals surface area contributed by atoms with Crippen molar-refractivity contribution in [3.63, 3.8) is 0 Å². The van der Waals surface area contributed by atoms with E-state index in [0.717, 1.165) is 35.5 Å². The van der Waals surface area contributed by atoms with E-state index in [1.54, 1.807) is 24.3 Å². The van der Waals surface area contributed by atoms with Gasteiger partial charge in [0.1, 0.15) is 10.0 Å². The highest BCUT2D eigenvalue weighted by Gasteiger charge is 2.37. The molecule has 0 saturated carbocycles. The van der Waals surface area contributed by atoms with Gasteiger partial charge in [-0.3, -0.25) is 20.2 Å². The van der Waals surface area contributed by atoms with Crippen LogP contribution in [-0.4, -0.2) is 22.9 Å². The molecule has 2 heterocycles. The Morgan fingerprint density at radius 3 is 1.76 bits per heavy atom. The van der Waals surface area contributed by atoms with Gasteiger partial charge in [0.25, 0.3) is 11.4 Å². The van der Waals surface area contributed by atoms with E-state index in [9.17, 15) is 20.2 Å². The van der Waals surface area contributed by atoms with Crippen molar-refractivity contribution < 1.29 is 9.85 Å². The van der Waals surface area contributed by atoms with Gasteiger partial charge in [-0.15, -0.1) is 0 Å². The summed E-state index contributed by atoms with van der Waals surface area (Å²) in [5, 5.41) is 23.4. The third-order valence-electron chi connectivity index (χ3n) is 7.66. The normalized spacial score (nSPS) is 19.6. The van der Waals surface area contributed by atoms with Crippen molar-refractivity contribution in [1.29, 1.82) is 0 Å². The Bertz CT molecular complexity index is 1320. The zero-order chi connectivity index (χ0) is 27.0. The highest BCUT2D eigenvalue weighted by Crippen LogP contribution is 2.49. The molecule has 2 aliphatic rings. The van der Waals surface area contributed by atoms with E-state index in [2.05, 4.69) is 34.9 Å². The molecule has 3 aromatic rings. The number of anilines is 2. The quantitative estimate of drug-likeness (QED) is 0.225. The molecule has 2 fully saturated rings. The topological polar surface area (TPSA) is 92.8 Å². The fraction of sp³-hybridized carbons (Fsp3) is 0.357. The molecular formula is C28H28Cl2N4O4. The Balaban J connectivity index is 1.59. The zero-order valence-electron chi connectivity index (χ0n) is 21.0. The van der Waals surface area contributed by atoms with Crippen LogP contribution in [0.5, 0.6) is 0 Å². The Kier molecular flexibility index (Phi) is 7.45. The van der Waals surface area contributed by atoms with Crippen LogP contribution in [0.15, 0.2) is 54.6 Å². The molecule has 2 atom stereocenters. The fourth-order valence-corrected chi connectivity index (χ4v) is 6.24. The van der Waals surface area contributed by atoms with Crippen molar-refractivity contribution in [3.05, 3.63) is 102 Å². The van der Waals surface area contributed by atoms with Crippen molar-refractivity contribution in [2.75, 3.05) is 22.9 Å². The highest BCUT2D eigenvalue weighted by atomic mass is 35.5. The number of nitrogens with zero attached hydrogens (tertiary/aromatic N) is 4. The summed E-state index contributed by atoms with van der Waals surface area (Å²) in [6.45, 7) is 4.18. The van der Waals surface area contributed by atoms with Crippen LogP contribution in [0, 0.1) is 27.2 Å². The van der Waals surface area contributed by atoms with E-state index in [4.69, 9.17) is 23.2 Å². The maximum Gasteiger partial charge on any atom is 0.288 e. The number of piperidine rings is 1. The van der Waals surface area contributed by atoms with Crippen molar-refractivity contribution >= 4 is 46.0 Å². The number of nitro groups is 2. The molecule has 5 rings (SSSR count). The van der Waals surface area contributed by atoms with Gasteiger partial charge in [0, 0.05) is 36.6 Å². The average molecular weight is 555 g/mol. The maximum atomic E-state index is 11.6. The van der Waals surface area contributed by atoms with Gasteiger partial charge in [-0.2, -0.15) is 0 Å². The Labute approximate surface area is 231 Å². The van der Waals surface area contributed by atoms with Crippen LogP contribution in [-0.2, 0) is 0 Å². The average Bonchev–Trinajstić information content (AvgIpc) is 3.34. The van der Waals surface area contributed by atoms with Crippen molar-refractivity contribution in [1.82, 2.24) is 0 Å². The molecule has 198 valence electrons. The summed E-state index contributed by atoms with van der Waals surface area (Å²) in [4.78, 5) is 27.0. The Morgan fingerprint density at radius 2 is 1.29 bits per heavy atom. The highest BCUT2D eigenvalue weighted by molar-refractivity contribution is 6.33. The minimum absolute atomic E-state index is 0.0925. The number of benzene rings is 3. The molecule has 0 spiro atoms. The molecule has 38 heavy (non-hydrogen) atoms. The van der Waals surface area contributed by atoms with Crippen LogP contribution >= 0.6 is 23.2 Å². The summed E-state index contributed by atoms with van der Waals surface area (Å²) < 4.78 is 0.